The normalized spacial score (nSPS) is 25.7. The molecule has 0 spiro atoms. The van der Waals surface area contributed by atoms with E-state index in [2.05, 4.69) is 11.9 Å². The maximum atomic E-state index is 12.8. The van der Waals surface area contributed by atoms with Gasteiger partial charge in [-0.3, -0.25) is 0 Å². The molecule has 2 N–H and O–H groups in total. The predicted octanol–water partition coefficient (Wildman–Crippen LogP) is 1.51. The molecule has 0 saturated carbocycles. The minimum atomic E-state index is -3.46. The van der Waals surface area contributed by atoms with Crippen LogP contribution < -0.4 is 5.73 Å². The van der Waals surface area contributed by atoms with Gasteiger partial charge in [-0.15, -0.1) is 11.3 Å². The summed E-state index contributed by atoms with van der Waals surface area (Å²) in [6.07, 6.45) is 1.93. The van der Waals surface area contributed by atoms with Crippen molar-refractivity contribution < 1.29 is 8.42 Å². The van der Waals surface area contributed by atoms with Crippen LogP contribution in [-0.4, -0.2) is 36.8 Å². The Morgan fingerprint density at radius 1 is 1.47 bits per heavy atom. The van der Waals surface area contributed by atoms with E-state index in [-0.39, 0.29) is 6.04 Å². The van der Waals surface area contributed by atoms with Crippen molar-refractivity contribution in [2.45, 2.75) is 43.9 Å². The summed E-state index contributed by atoms with van der Waals surface area (Å²) in [5.74, 6) is 0.308. The number of nitrogens with two attached hydrogens (primary N) is 1. The first-order valence-electron chi connectivity index (χ1n) is 6.54. The van der Waals surface area contributed by atoms with E-state index in [1.165, 1.54) is 11.3 Å². The molecule has 1 aromatic heterocycles. The van der Waals surface area contributed by atoms with E-state index in [1.807, 2.05) is 6.92 Å². The molecule has 0 unspecified atom stereocenters. The van der Waals surface area contributed by atoms with E-state index in [1.54, 1.807) is 11.2 Å². The summed E-state index contributed by atoms with van der Waals surface area (Å²) < 4.78 is 27.5. The number of hydrogen-bond donors (Lipinski definition) is 1. The number of aromatic nitrogens is 1. The summed E-state index contributed by atoms with van der Waals surface area (Å²) in [4.78, 5) is 4.22. The van der Waals surface area contributed by atoms with Gasteiger partial charge in [0.1, 0.15) is 0 Å². The minimum Gasteiger partial charge on any atom is -0.329 e. The van der Waals surface area contributed by atoms with Gasteiger partial charge < -0.3 is 5.73 Å². The van der Waals surface area contributed by atoms with E-state index in [9.17, 15) is 8.42 Å². The third-order valence-corrected chi connectivity index (χ3v) is 7.29. The van der Waals surface area contributed by atoms with Crippen LogP contribution in [-0.2, 0) is 10.0 Å². The number of thiazole rings is 1. The SMILES string of the molecule is Cc1nc(C)c(S(=O)(=O)N2CCC[C@@H](C)[C@@H]2CN)s1. The Balaban J connectivity index is 2.40. The molecule has 0 amide bonds. The van der Waals surface area contributed by atoms with Crippen molar-refractivity contribution >= 4 is 21.4 Å². The van der Waals surface area contributed by atoms with Crippen molar-refractivity contribution in [2.75, 3.05) is 13.1 Å². The maximum Gasteiger partial charge on any atom is 0.254 e. The quantitative estimate of drug-likeness (QED) is 0.918. The monoisotopic (exact) mass is 303 g/mol. The Kier molecular flexibility index (Phi) is 4.29. The number of piperidine rings is 1. The van der Waals surface area contributed by atoms with E-state index in [0.717, 1.165) is 17.8 Å². The zero-order valence-electron chi connectivity index (χ0n) is 11.6. The molecule has 19 heavy (non-hydrogen) atoms. The lowest BCUT2D eigenvalue weighted by molar-refractivity contribution is 0.193. The summed E-state index contributed by atoms with van der Waals surface area (Å²) in [5, 5.41) is 0.783. The average molecular weight is 303 g/mol. The van der Waals surface area contributed by atoms with Crippen molar-refractivity contribution in [1.82, 2.24) is 9.29 Å². The fourth-order valence-electron chi connectivity index (χ4n) is 2.72. The Morgan fingerprint density at radius 3 is 2.68 bits per heavy atom. The van der Waals surface area contributed by atoms with Crippen LogP contribution in [0.15, 0.2) is 4.21 Å². The molecule has 2 rings (SSSR count). The number of aryl methyl sites for hydroxylation is 2. The third kappa shape index (κ3) is 2.69. The van der Waals surface area contributed by atoms with Gasteiger partial charge in [0.25, 0.3) is 10.0 Å². The van der Waals surface area contributed by atoms with Crippen molar-refractivity contribution in [1.29, 1.82) is 0 Å². The summed E-state index contributed by atoms with van der Waals surface area (Å²) in [6, 6.07) is -0.0967. The first-order valence-corrected chi connectivity index (χ1v) is 8.79. The molecular formula is C12H21N3O2S2. The molecule has 1 fully saturated rings. The Labute approximate surface area is 118 Å². The predicted molar refractivity (Wildman–Crippen MR) is 76.7 cm³/mol. The van der Waals surface area contributed by atoms with E-state index in [0.29, 0.717) is 28.9 Å². The topological polar surface area (TPSA) is 76.3 Å². The van der Waals surface area contributed by atoms with Crippen LogP contribution in [0.4, 0.5) is 0 Å². The number of hydrogen-bond acceptors (Lipinski definition) is 5. The van der Waals surface area contributed by atoms with Gasteiger partial charge in [-0.2, -0.15) is 4.31 Å². The van der Waals surface area contributed by atoms with Gasteiger partial charge in [0.2, 0.25) is 0 Å². The van der Waals surface area contributed by atoms with Crippen LogP contribution in [0.25, 0.3) is 0 Å². The van der Waals surface area contributed by atoms with Crippen molar-refractivity contribution in [2.24, 2.45) is 11.7 Å². The molecule has 5 nitrogen and oxygen atoms in total. The highest BCUT2D eigenvalue weighted by Crippen LogP contribution is 2.32. The zero-order valence-corrected chi connectivity index (χ0v) is 13.2. The molecule has 2 atom stereocenters. The summed E-state index contributed by atoms with van der Waals surface area (Å²) in [6.45, 7) is 6.59. The lowest BCUT2D eigenvalue weighted by atomic mass is 9.93. The van der Waals surface area contributed by atoms with Crippen LogP contribution >= 0.6 is 11.3 Å². The van der Waals surface area contributed by atoms with Gasteiger partial charge in [0, 0.05) is 19.1 Å². The summed E-state index contributed by atoms with van der Waals surface area (Å²) in [5.41, 5.74) is 6.38. The molecule has 0 aromatic carbocycles. The lowest BCUT2D eigenvalue weighted by Crippen LogP contribution is -2.51. The molecule has 2 heterocycles. The Morgan fingerprint density at radius 2 is 2.16 bits per heavy atom. The van der Waals surface area contributed by atoms with Gasteiger partial charge in [0.05, 0.1) is 10.7 Å². The van der Waals surface area contributed by atoms with Crippen LogP contribution in [0.3, 0.4) is 0 Å². The van der Waals surface area contributed by atoms with E-state index < -0.39 is 10.0 Å². The second kappa shape index (κ2) is 5.47. The fraction of sp³-hybridized carbons (Fsp3) is 0.750. The molecule has 0 radical (unpaired) electrons. The molecule has 1 saturated heterocycles. The second-order valence-electron chi connectivity index (χ2n) is 5.14. The minimum absolute atomic E-state index is 0.0967. The van der Waals surface area contributed by atoms with Gasteiger partial charge in [0.15, 0.2) is 4.21 Å². The molecule has 108 valence electrons. The molecule has 0 aliphatic carbocycles. The smallest absolute Gasteiger partial charge is 0.254 e. The van der Waals surface area contributed by atoms with Gasteiger partial charge in [-0.1, -0.05) is 6.92 Å². The Hall–Kier alpha value is -0.500. The van der Waals surface area contributed by atoms with Crippen LogP contribution in [0.1, 0.15) is 30.5 Å². The largest absolute Gasteiger partial charge is 0.329 e. The molecule has 1 aliphatic heterocycles. The molecular weight excluding hydrogens is 282 g/mol. The van der Waals surface area contributed by atoms with E-state index >= 15 is 0 Å². The van der Waals surface area contributed by atoms with Gasteiger partial charge >= 0.3 is 0 Å². The average Bonchev–Trinajstić information content (AvgIpc) is 2.68. The Bertz CT molecular complexity index is 553. The fourth-order valence-corrected chi connectivity index (χ4v) is 6.08. The molecule has 1 aliphatic rings. The summed E-state index contributed by atoms with van der Waals surface area (Å²) in [7, 11) is -3.46. The van der Waals surface area contributed by atoms with Crippen molar-refractivity contribution in [3.63, 3.8) is 0 Å². The van der Waals surface area contributed by atoms with Crippen LogP contribution in [0.5, 0.6) is 0 Å². The molecule has 7 heteroatoms. The zero-order chi connectivity index (χ0) is 14.2. The van der Waals surface area contributed by atoms with Crippen molar-refractivity contribution in [3.05, 3.63) is 10.7 Å². The van der Waals surface area contributed by atoms with Crippen molar-refractivity contribution in [3.8, 4) is 0 Å². The van der Waals surface area contributed by atoms with Gasteiger partial charge in [-0.05, 0) is 32.6 Å². The highest BCUT2D eigenvalue weighted by molar-refractivity contribution is 7.91. The summed E-state index contributed by atoms with van der Waals surface area (Å²) >= 11 is 1.25. The second-order valence-corrected chi connectivity index (χ2v) is 8.43. The standard InChI is InChI=1S/C12H21N3O2S2/c1-8-5-4-6-15(11(8)7-13)19(16,17)12-9(2)14-10(3)18-12/h8,11H,4-7,13H2,1-3H3/t8-,11+/m1/s1. The number of nitrogens with zero attached hydrogens (tertiary/aromatic N) is 2. The third-order valence-electron chi connectivity index (χ3n) is 3.71. The maximum absolute atomic E-state index is 12.8. The molecule has 1 aromatic rings. The highest BCUT2D eigenvalue weighted by atomic mass is 32.2. The number of sulfonamides is 1. The first-order chi connectivity index (χ1) is 8.87. The van der Waals surface area contributed by atoms with Crippen LogP contribution in [0, 0.1) is 19.8 Å². The van der Waals surface area contributed by atoms with Gasteiger partial charge in [-0.25, -0.2) is 13.4 Å². The first kappa shape index (κ1) is 14.9. The van der Waals surface area contributed by atoms with E-state index in [4.69, 9.17) is 5.73 Å². The molecule has 0 bridgehead atoms. The number of rotatable bonds is 3. The highest BCUT2D eigenvalue weighted by Gasteiger charge is 2.38. The lowest BCUT2D eigenvalue weighted by Gasteiger charge is -2.38. The van der Waals surface area contributed by atoms with Crippen LogP contribution in [0.2, 0.25) is 0 Å².